The van der Waals surface area contributed by atoms with E-state index in [9.17, 15) is 4.79 Å². The summed E-state index contributed by atoms with van der Waals surface area (Å²) >= 11 is 6.09. The standard InChI is InChI=1S/C19H21ClN4O.ClH/c1-12-6-7-16(11-17(12)20)24-19(25)23-15-5-3-4-14(10-15)13(2)18-21-8-9-22-18;/h3-7,10-11,13H,8-9H2,1-2H3,(H,21,22)(H2,23,24,25);1H. The van der Waals surface area contributed by atoms with E-state index in [1.807, 2.05) is 43.3 Å². The fourth-order valence-electron chi connectivity index (χ4n) is 2.71. The van der Waals surface area contributed by atoms with Crippen LogP contribution in [-0.2, 0) is 0 Å². The Morgan fingerprint density at radius 1 is 1.19 bits per heavy atom. The molecule has 26 heavy (non-hydrogen) atoms. The Labute approximate surface area is 164 Å². The van der Waals surface area contributed by atoms with Gasteiger partial charge in [-0.2, -0.15) is 0 Å². The normalized spacial score (nSPS) is 13.9. The van der Waals surface area contributed by atoms with Crippen LogP contribution in [0.1, 0.15) is 24.0 Å². The second-order valence-corrected chi connectivity index (χ2v) is 6.49. The first-order valence-electron chi connectivity index (χ1n) is 8.25. The SMILES string of the molecule is Cc1ccc(NC(=O)Nc2cccc(C(C)C3=NCCN3)c2)cc1Cl.Cl. The highest BCUT2D eigenvalue weighted by Crippen LogP contribution is 2.22. The van der Waals surface area contributed by atoms with Crippen LogP contribution >= 0.6 is 24.0 Å². The zero-order valence-corrected chi connectivity index (χ0v) is 16.2. The van der Waals surface area contributed by atoms with Gasteiger partial charge in [0.05, 0.1) is 6.54 Å². The van der Waals surface area contributed by atoms with Crippen molar-refractivity contribution in [1.29, 1.82) is 0 Å². The number of aryl methyl sites for hydroxylation is 1. The summed E-state index contributed by atoms with van der Waals surface area (Å²) in [7, 11) is 0. The highest BCUT2D eigenvalue weighted by molar-refractivity contribution is 6.31. The average Bonchev–Trinajstić information content (AvgIpc) is 3.12. The summed E-state index contributed by atoms with van der Waals surface area (Å²) in [5.74, 6) is 1.17. The third kappa shape index (κ3) is 4.90. The third-order valence-electron chi connectivity index (χ3n) is 4.18. The fourth-order valence-corrected chi connectivity index (χ4v) is 2.89. The minimum absolute atomic E-state index is 0. The van der Waals surface area contributed by atoms with Crippen LogP contribution in [0.5, 0.6) is 0 Å². The Bertz CT molecular complexity index is 823. The Morgan fingerprint density at radius 2 is 1.92 bits per heavy atom. The molecule has 0 radical (unpaired) electrons. The number of anilines is 2. The molecule has 0 bridgehead atoms. The van der Waals surface area contributed by atoms with Crippen molar-refractivity contribution in [2.24, 2.45) is 4.99 Å². The largest absolute Gasteiger partial charge is 0.371 e. The molecule has 0 aromatic heterocycles. The second kappa shape index (κ2) is 8.92. The van der Waals surface area contributed by atoms with Crippen molar-refractivity contribution in [3.8, 4) is 0 Å². The lowest BCUT2D eigenvalue weighted by Crippen LogP contribution is -2.24. The topological polar surface area (TPSA) is 65.5 Å². The molecule has 5 nitrogen and oxygen atoms in total. The van der Waals surface area contributed by atoms with E-state index in [1.54, 1.807) is 6.07 Å². The van der Waals surface area contributed by atoms with Gasteiger partial charge in [0, 0.05) is 28.9 Å². The second-order valence-electron chi connectivity index (χ2n) is 6.08. The maximum atomic E-state index is 12.2. The van der Waals surface area contributed by atoms with Crippen LogP contribution in [0.4, 0.5) is 16.2 Å². The first kappa shape index (κ1) is 20.1. The highest BCUT2D eigenvalue weighted by Gasteiger charge is 2.16. The monoisotopic (exact) mass is 392 g/mol. The van der Waals surface area contributed by atoms with Gasteiger partial charge in [0.25, 0.3) is 0 Å². The van der Waals surface area contributed by atoms with Crippen LogP contribution in [0.15, 0.2) is 47.5 Å². The average molecular weight is 393 g/mol. The lowest BCUT2D eigenvalue weighted by molar-refractivity contribution is 0.262. The number of nitrogens with zero attached hydrogens (tertiary/aromatic N) is 1. The molecule has 3 rings (SSSR count). The molecule has 1 atom stereocenters. The van der Waals surface area contributed by atoms with E-state index in [-0.39, 0.29) is 24.4 Å². The number of hydrogen-bond acceptors (Lipinski definition) is 3. The number of hydrogen-bond donors (Lipinski definition) is 3. The quantitative estimate of drug-likeness (QED) is 0.697. The maximum Gasteiger partial charge on any atom is 0.323 e. The van der Waals surface area contributed by atoms with Crippen molar-refractivity contribution < 1.29 is 4.79 Å². The maximum absolute atomic E-state index is 12.2. The molecule has 2 amide bonds. The molecule has 7 heteroatoms. The van der Waals surface area contributed by atoms with E-state index in [2.05, 4.69) is 27.9 Å². The Hall–Kier alpha value is -2.24. The van der Waals surface area contributed by atoms with Crippen LogP contribution in [0.3, 0.4) is 0 Å². The summed E-state index contributed by atoms with van der Waals surface area (Å²) in [4.78, 5) is 16.7. The number of rotatable bonds is 4. The van der Waals surface area contributed by atoms with Crippen molar-refractivity contribution in [2.75, 3.05) is 23.7 Å². The molecular formula is C19H22Cl2N4O. The summed E-state index contributed by atoms with van der Waals surface area (Å²) in [5.41, 5.74) is 3.46. The fraction of sp³-hybridized carbons (Fsp3) is 0.263. The summed E-state index contributed by atoms with van der Waals surface area (Å²) in [6.45, 7) is 5.73. The molecule has 0 spiro atoms. The Balaban J connectivity index is 0.00000243. The van der Waals surface area contributed by atoms with Crippen molar-refractivity contribution in [3.63, 3.8) is 0 Å². The summed E-state index contributed by atoms with van der Waals surface area (Å²) in [6.07, 6.45) is 0. The van der Waals surface area contributed by atoms with Crippen LogP contribution < -0.4 is 16.0 Å². The van der Waals surface area contributed by atoms with Crippen LogP contribution in [0.2, 0.25) is 5.02 Å². The van der Waals surface area contributed by atoms with Gasteiger partial charge in [-0.25, -0.2) is 4.79 Å². The van der Waals surface area contributed by atoms with E-state index in [1.165, 1.54) is 0 Å². The number of aliphatic imine (C=N–C) groups is 1. The molecule has 0 fully saturated rings. The predicted molar refractivity (Wildman–Crippen MR) is 111 cm³/mol. The number of halogens is 2. The zero-order valence-electron chi connectivity index (χ0n) is 14.7. The number of carbonyl (C=O) groups is 1. The zero-order chi connectivity index (χ0) is 17.8. The molecule has 1 aliphatic heterocycles. The minimum atomic E-state index is -0.305. The van der Waals surface area contributed by atoms with Gasteiger partial charge in [-0.05, 0) is 42.3 Å². The molecule has 138 valence electrons. The van der Waals surface area contributed by atoms with E-state index in [0.717, 1.165) is 35.7 Å². The van der Waals surface area contributed by atoms with E-state index >= 15 is 0 Å². The number of nitrogens with one attached hydrogen (secondary N) is 3. The van der Waals surface area contributed by atoms with Gasteiger partial charge >= 0.3 is 6.03 Å². The van der Waals surface area contributed by atoms with E-state index in [0.29, 0.717) is 10.7 Å². The molecule has 0 saturated heterocycles. The molecule has 0 aliphatic carbocycles. The molecule has 1 unspecified atom stereocenters. The lowest BCUT2D eigenvalue weighted by Gasteiger charge is -2.14. The number of carbonyl (C=O) groups excluding carboxylic acids is 1. The van der Waals surface area contributed by atoms with Crippen molar-refractivity contribution in [2.45, 2.75) is 19.8 Å². The first-order valence-corrected chi connectivity index (χ1v) is 8.63. The summed E-state index contributed by atoms with van der Waals surface area (Å²) < 4.78 is 0. The molecule has 3 N–H and O–H groups in total. The van der Waals surface area contributed by atoms with Gasteiger partial charge < -0.3 is 16.0 Å². The summed E-state index contributed by atoms with van der Waals surface area (Å²) in [6, 6.07) is 12.9. The molecule has 0 saturated carbocycles. The highest BCUT2D eigenvalue weighted by atomic mass is 35.5. The van der Waals surface area contributed by atoms with Gasteiger partial charge in [-0.1, -0.05) is 36.7 Å². The molecular weight excluding hydrogens is 371 g/mol. The van der Waals surface area contributed by atoms with Gasteiger partial charge in [0.1, 0.15) is 5.84 Å². The lowest BCUT2D eigenvalue weighted by atomic mass is 9.99. The number of urea groups is 1. The molecule has 2 aromatic carbocycles. The van der Waals surface area contributed by atoms with Gasteiger partial charge in [0.2, 0.25) is 0 Å². The van der Waals surface area contributed by atoms with Crippen molar-refractivity contribution in [1.82, 2.24) is 5.32 Å². The Morgan fingerprint density at radius 3 is 2.58 bits per heavy atom. The van der Waals surface area contributed by atoms with Crippen molar-refractivity contribution in [3.05, 3.63) is 58.6 Å². The van der Waals surface area contributed by atoms with Gasteiger partial charge in [0.15, 0.2) is 0 Å². The predicted octanol–water partition coefficient (Wildman–Crippen LogP) is 4.82. The smallest absolute Gasteiger partial charge is 0.323 e. The first-order chi connectivity index (χ1) is 12.0. The molecule has 1 aliphatic rings. The summed E-state index contributed by atoms with van der Waals surface area (Å²) in [5, 5.41) is 9.57. The van der Waals surface area contributed by atoms with E-state index < -0.39 is 0 Å². The van der Waals surface area contributed by atoms with Crippen molar-refractivity contribution >= 4 is 47.2 Å². The van der Waals surface area contributed by atoms with Gasteiger partial charge in [-0.3, -0.25) is 4.99 Å². The Kier molecular flexibility index (Phi) is 6.89. The molecule has 2 aromatic rings. The van der Waals surface area contributed by atoms with Crippen LogP contribution in [-0.4, -0.2) is 25.0 Å². The number of benzene rings is 2. The number of amidine groups is 1. The molecule has 1 heterocycles. The minimum Gasteiger partial charge on any atom is -0.371 e. The van der Waals surface area contributed by atoms with Crippen LogP contribution in [0, 0.1) is 6.92 Å². The third-order valence-corrected chi connectivity index (χ3v) is 4.59. The van der Waals surface area contributed by atoms with Crippen LogP contribution in [0.25, 0.3) is 0 Å². The number of amides is 2. The van der Waals surface area contributed by atoms with E-state index in [4.69, 9.17) is 11.6 Å². The van der Waals surface area contributed by atoms with Gasteiger partial charge in [-0.15, -0.1) is 12.4 Å².